The quantitative estimate of drug-likeness (QED) is 0.905. The Balaban J connectivity index is 1.91. The van der Waals surface area contributed by atoms with Gasteiger partial charge >= 0.3 is 0 Å². The zero-order valence-electron chi connectivity index (χ0n) is 12.5. The molecule has 2 heterocycles. The number of benzene rings is 1. The van der Waals surface area contributed by atoms with Crippen molar-refractivity contribution in [1.82, 2.24) is 4.31 Å². The molecule has 1 fully saturated rings. The number of aryl methyl sites for hydroxylation is 1. The standard InChI is InChI=1S/C15H22N2O3S/c1-11-9-17(10-12(2)20-11)21(18,19)14-5-6-15-13(8-14)4-3-7-16-15/h5-6,8,11-12,16H,3-4,7,9-10H2,1-2H3/t11-,12+. The lowest BCUT2D eigenvalue weighted by Crippen LogP contribution is -2.48. The van der Waals surface area contributed by atoms with Crippen molar-refractivity contribution in [3.8, 4) is 0 Å². The molecule has 1 aromatic carbocycles. The van der Waals surface area contributed by atoms with Gasteiger partial charge in [-0.1, -0.05) is 0 Å². The van der Waals surface area contributed by atoms with E-state index >= 15 is 0 Å². The predicted molar refractivity (Wildman–Crippen MR) is 82.0 cm³/mol. The number of morpholine rings is 1. The summed E-state index contributed by atoms with van der Waals surface area (Å²) in [7, 11) is -3.44. The van der Waals surface area contributed by atoms with Crippen molar-refractivity contribution in [3.63, 3.8) is 0 Å². The summed E-state index contributed by atoms with van der Waals surface area (Å²) in [5, 5.41) is 3.31. The predicted octanol–water partition coefficient (Wildman–Crippen LogP) is 1.84. The number of fused-ring (bicyclic) bond motifs is 1. The molecule has 0 unspecified atom stereocenters. The molecule has 2 aliphatic heterocycles. The van der Waals surface area contributed by atoms with Crippen LogP contribution in [0.25, 0.3) is 0 Å². The van der Waals surface area contributed by atoms with Crippen LogP contribution in [0.5, 0.6) is 0 Å². The number of sulfonamides is 1. The summed E-state index contributed by atoms with van der Waals surface area (Å²) < 4.78 is 32.8. The van der Waals surface area contributed by atoms with Gasteiger partial charge in [-0.05, 0) is 50.5 Å². The highest BCUT2D eigenvalue weighted by molar-refractivity contribution is 7.89. The maximum atomic E-state index is 12.8. The van der Waals surface area contributed by atoms with E-state index in [0.717, 1.165) is 30.6 Å². The first kappa shape index (κ1) is 14.8. The van der Waals surface area contributed by atoms with Crippen LogP contribution >= 0.6 is 0 Å². The lowest BCUT2D eigenvalue weighted by Gasteiger charge is -2.34. The number of hydrogen-bond acceptors (Lipinski definition) is 4. The summed E-state index contributed by atoms with van der Waals surface area (Å²) in [6.07, 6.45) is 1.84. The van der Waals surface area contributed by atoms with Crippen LogP contribution in [-0.2, 0) is 21.2 Å². The van der Waals surface area contributed by atoms with Gasteiger partial charge in [-0.25, -0.2) is 8.42 Å². The van der Waals surface area contributed by atoms with Crippen LogP contribution in [0, 0.1) is 0 Å². The maximum Gasteiger partial charge on any atom is 0.243 e. The summed E-state index contributed by atoms with van der Waals surface area (Å²) in [4.78, 5) is 0.395. The molecular weight excluding hydrogens is 288 g/mol. The van der Waals surface area contributed by atoms with Crippen molar-refractivity contribution < 1.29 is 13.2 Å². The molecule has 2 aliphatic rings. The molecule has 3 rings (SSSR count). The Morgan fingerprint density at radius 2 is 1.95 bits per heavy atom. The van der Waals surface area contributed by atoms with Crippen molar-refractivity contribution in [2.75, 3.05) is 25.0 Å². The van der Waals surface area contributed by atoms with Gasteiger partial charge in [-0.15, -0.1) is 0 Å². The molecule has 21 heavy (non-hydrogen) atoms. The van der Waals surface area contributed by atoms with Gasteiger partial charge in [0, 0.05) is 25.3 Å². The second kappa shape index (κ2) is 5.59. The molecule has 116 valence electrons. The molecule has 0 amide bonds. The van der Waals surface area contributed by atoms with Gasteiger partial charge in [-0.3, -0.25) is 0 Å². The van der Waals surface area contributed by atoms with Crippen LogP contribution in [0.4, 0.5) is 5.69 Å². The third-order valence-corrected chi connectivity index (χ3v) is 5.87. The van der Waals surface area contributed by atoms with Crippen molar-refractivity contribution in [1.29, 1.82) is 0 Å². The average molecular weight is 310 g/mol. The van der Waals surface area contributed by atoms with Gasteiger partial charge in [0.05, 0.1) is 17.1 Å². The van der Waals surface area contributed by atoms with Gasteiger partial charge in [0.15, 0.2) is 0 Å². The van der Waals surface area contributed by atoms with Gasteiger partial charge in [0.2, 0.25) is 10.0 Å². The van der Waals surface area contributed by atoms with Crippen molar-refractivity contribution in [2.24, 2.45) is 0 Å². The fourth-order valence-electron chi connectivity index (χ4n) is 3.09. The Labute approximate surface area is 126 Å². The van der Waals surface area contributed by atoms with Crippen LogP contribution in [0.2, 0.25) is 0 Å². The maximum absolute atomic E-state index is 12.8. The fraction of sp³-hybridized carbons (Fsp3) is 0.600. The number of nitrogens with one attached hydrogen (secondary N) is 1. The smallest absolute Gasteiger partial charge is 0.243 e. The molecule has 6 heteroatoms. The van der Waals surface area contributed by atoms with Crippen molar-refractivity contribution >= 4 is 15.7 Å². The van der Waals surface area contributed by atoms with E-state index in [1.165, 1.54) is 0 Å². The number of hydrogen-bond donors (Lipinski definition) is 1. The third kappa shape index (κ3) is 2.93. The Bertz CT molecular complexity index is 620. The van der Waals surface area contributed by atoms with Crippen LogP contribution < -0.4 is 5.32 Å². The summed E-state index contributed by atoms with van der Waals surface area (Å²) in [6, 6.07) is 5.41. The minimum absolute atomic E-state index is 0.0668. The first-order valence-corrected chi connectivity index (χ1v) is 8.93. The second-order valence-corrected chi connectivity index (χ2v) is 7.87. The van der Waals surface area contributed by atoms with Crippen LogP contribution in [0.15, 0.2) is 23.1 Å². The number of ether oxygens (including phenoxy) is 1. The molecule has 1 N–H and O–H groups in total. The Morgan fingerprint density at radius 1 is 1.24 bits per heavy atom. The second-order valence-electron chi connectivity index (χ2n) is 5.93. The molecule has 0 saturated carbocycles. The SMILES string of the molecule is C[C@@H]1CN(S(=O)(=O)c2ccc3c(c2)CCCN3)C[C@H](C)O1. The monoisotopic (exact) mass is 310 g/mol. The van der Waals surface area contributed by atoms with E-state index in [0.29, 0.717) is 18.0 Å². The summed E-state index contributed by atoms with van der Waals surface area (Å²) in [6.45, 7) is 5.62. The van der Waals surface area contributed by atoms with E-state index in [4.69, 9.17) is 4.74 Å². The number of rotatable bonds is 2. The molecule has 0 radical (unpaired) electrons. The molecule has 1 saturated heterocycles. The lowest BCUT2D eigenvalue weighted by molar-refractivity contribution is -0.0440. The molecular formula is C15H22N2O3S. The Kier molecular flexibility index (Phi) is 3.94. The average Bonchev–Trinajstić information content (AvgIpc) is 2.45. The molecule has 0 aliphatic carbocycles. The lowest BCUT2D eigenvalue weighted by atomic mass is 10.0. The topological polar surface area (TPSA) is 58.6 Å². The van der Waals surface area contributed by atoms with Crippen LogP contribution in [-0.4, -0.2) is 44.6 Å². The normalized spacial score (nSPS) is 27.0. The van der Waals surface area contributed by atoms with Crippen LogP contribution in [0.1, 0.15) is 25.8 Å². The van der Waals surface area contributed by atoms with Gasteiger partial charge in [-0.2, -0.15) is 4.31 Å². The van der Waals surface area contributed by atoms with Gasteiger partial charge < -0.3 is 10.1 Å². The molecule has 5 nitrogen and oxygen atoms in total. The highest BCUT2D eigenvalue weighted by Gasteiger charge is 2.32. The highest BCUT2D eigenvalue weighted by Crippen LogP contribution is 2.27. The minimum Gasteiger partial charge on any atom is -0.385 e. The zero-order valence-corrected chi connectivity index (χ0v) is 13.3. The number of anilines is 1. The minimum atomic E-state index is -3.44. The first-order valence-electron chi connectivity index (χ1n) is 7.49. The molecule has 2 atom stereocenters. The van der Waals surface area contributed by atoms with E-state index in [-0.39, 0.29) is 12.2 Å². The van der Waals surface area contributed by atoms with E-state index < -0.39 is 10.0 Å². The highest BCUT2D eigenvalue weighted by atomic mass is 32.2. The fourth-order valence-corrected chi connectivity index (χ4v) is 4.73. The Hall–Kier alpha value is -1.11. The van der Waals surface area contributed by atoms with Crippen molar-refractivity contribution in [3.05, 3.63) is 23.8 Å². The molecule has 0 bridgehead atoms. The molecule has 0 aromatic heterocycles. The Morgan fingerprint density at radius 3 is 2.67 bits per heavy atom. The van der Waals surface area contributed by atoms with E-state index in [9.17, 15) is 8.42 Å². The third-order valence-electron chi connectivity index (χ3n) is 4.04. The van der Waals surface area contributed by atoms with E-state index in [1.807, 2.05) is 26.0 Å². The van der Waals surface area contributed by atoms with Gasteiger partial charge in [0.25, 0.3) is 0 Å². The molecule has 0 spiro atoms. The number of nitrogens with zero attached hydrogens (tertiary/aromatic N) is 1. The van der Waals surface area contributed by atoms with Gasteiger partial charge in [0.1, 0.15) is 0 Å². The zero-order chi connectivity index (χ0) is 15.0. The summed E-state index contributed by atoms with van der Waals surface area (Å²) in [5.41, 5.74) is 2.15. The largest absolute Gasteiger partial charge is 0.385 e. The summed E-state index contributed by atoms with van der Waals surface area (Å²) in [5.74, 6) is 0. The first-order chi connectivity index (χ1) is 9.96. The van der Waals surface area contributed by atoms with Crippen molar-refractivity contribution in [2.45, 2.75) is 43.8 Å². The van der Waals surface area contributed by atoms with E-state index in [2.05, 4.69) is 5.32 Å². The molecule has 1 aromatic rings. The van der Waals surface area contributed by atoms with E-state index in [1.54, 1.807) is 10.4 Å². The summed E-state index contributed by atoms with van der Waals surface area (Å²) >= 11 is 0. The van der Waals surface area contributed by atoms with Crippen LogP contribution in [0.3, 0.4) is 0 Å².